The highest BCUT2D eigenvalue weighted by Crippen LogP contribution is 2.51. The molecule has 0 aromatic heterocycles. The highest BCUT2D eigenvalue weighted by molar-refractivity contribution is 6.31. The van der Waals surface area contributed by atoms with E-state index in [2.05, 4.69) is 0 Å². The van der Waals surface area contributed by atoms with Crippen LogP contribution in [0, 0.1) is 42.9 Å². The minimum Gasteiger partial charge on any atom is -0.487 e. The third kappa shape index (κ3) is 6.14. The van der Waals surface area contributed by atoms with Crippen LogP contribution in [0.5, 0.6) is 23.0 Å². The van der Waals surface area contributed by atoms with Gasteiger partial charge in [0.05, 0.1) is 57.5 Å². The summed E-state index contributed by atoms with van der Waals surface area (Å²) in [6, 6.07) is 17.9. The molecule has 0 aliphatic rings. The highest BCUT2D eigenvalue weighted by Gasteiger charge is 2.30. The maximum Gasteiger partial charge on any atom is 0.311 e. The molecule has 0 heterocycles. The summed E-state index contributed by atoms with van der Waals surface area (Å²) in [6.45, 7) is 3.36. The van der Waals surface area contributed by atoms with Crippen LogP contribution in [0.1, 0.15) is 25.0 Å². The molecule has 4 aromatic rings. The van der Waals surface area contributed by atoms with E-state index in [9.17, 15) is 30.8 Å². The SMILES string of the molecule is CCOc1c([N+](=O)[O-])ccc(Oc2ccc([N+](=O)[O-])c(OCC)c2-c2ccc(Cl)cc2C#N)c1-c1ccc(Cl)cc1C#N. The first-order valence-corrected chi connectivity index (χ1v) is 13.4. The fourth-order valence-corrected chi connectivity index (χ4v) is 4.77. The Morgan fingerprint density at radius 1 is 0.698 bits per heavy atom. The number of nitro groups is 2. The zero-order valence-electron chi connectivity index (χ0n) is 22.6. The fourth-order valence-electron chi connectivity index (χ4n) is 4.43. The number of ether oxygens (including phenoxy) is 3. The first-order valence-electron chi connectivity index (χ1n) is 12.6. The van der Waals surface area contributed by atoms with Gasteiger partial charge in [-0.1, -0.05) is 35.3 Å². The maximum absolute atomic E-state index is 12.0. The molecule has 0 aliphatic carbocycles. The van der Waals surface area contributed by atoms with E-state index in [1.165, 1.54) is 60.7 Å². The van der Waals surface area contributed by atoms with Crippen molar-refractivity contribution in [2.75, 3.05) is 13.2 Å². The van der Waals surface area contributed by atoms with Crippen molar-refractivity contribution in [2.24, 2.45) is 0 Å². The van der Waals surface area contributed by atoms with Crippen LogP contribution in [0.25, 0.3) is 22.3 Å². The van der Waals surface area contributed by atoms with Gasteiger partial charge in [-0.3, -0.25) is 20.2 Å². The van der Waals surface area contributed by atoms with Gasteiger partial charge in [0.1, 0.15) is 11.5 Å². The van der Waals surface area contributed by atoms with Crippen LogP contribution >= 0.6 is 23.2 Å². The minimum absolute atomic E-state index is 0.0119. The molecule has 43 heavy (non-hydrogen) atoms. The van der Waals surface area contributed by atoms with Gasteiger partial charge in [0, 0.05) is 33.3 Å². The van der Waals surface area contributed by atoms with Crippen molar-refractivity contribution in [3.63, 3.8) is 0 Å². The summed E-state index contributed by atoms with van der Waals surface area (Å²) in [4.78, 5) is 22.7. The molecule has 0 bridgehead atoms. The molecule has 0 saturated heterocycles. The lowest BCUT2D eigenvalue weighted by Crippen LogP contribution is -2.04. The second-order valence-electron chi connectivity index (χ2n) is 8.66. The van der Waals surface area contributed by atoms with Crippen LogP contribution in [0.4, 0.5) is 11.4 Å². The molecular formula is C30H20Cl2N4O7. The predicted molar refractivity (Wildman–Crippen MR) is 159 cm³/mol. The average Bonchev–Trinajstić information content (AvgIpc) is 2.98. The van der Waals surface area contributed by atoms with Crippen molar-refractivity contribution >= 4 is 34.6 Å². The van der Waals surface area contributed by atoms with E-state index < -0.39 is 9.85 Å². The predicted octanol–water partition coefficient (Wildman–Crippen LogP) is 8.48. The molecule has 4 aromatic carbocycles. The summed E-state index contributed by atoms with van der Waals surface area (Å²) in [5.41, 5.74) is 0.00653. The first kappa shape index (κ1) is 30.6. The lowest BCUT2D eigenvalue weighted by atomic mass is 9.96. The van der Waals surface area contributed by atoms with Crippen LogP contribution in [0.3, 0.4) is 0 Å². The second kappa shape index (κ2) is 13.1. The monoisotopic (exact) mass is 618 g/mol. The number of nitro benzene ring substituents is 2. The van der Waals surface area contributed by atoms with Crippen molar-refractivity contribution in [3.05, 3.63) is 102 Å². The quantitative estimate of drug-likeness (QED) is 0.125. The van der Waals surface area contributed by atoms with E-state index >= 15 is 0 Å². The van der Waals surface area contributed by atoms with Gasteiger partial charge in [-0.15, -0.1) is 0 Å². The normalized spacial score (nSPS) is 10.4. The van der Waals surface area contributed by atoms with Gasteiger partial charge < -0.3 is 14.2 Å². The van der Waals surface area contributed by atoms with Gasteiger partial charge in [0.25, 0.3) is 0 Å². The highest BCUT2D eigenvalue weighted by atomic mass is 35.5. The Morgan fingerprint density at radius 2 is 1.09 bits per heavy atom. The molecule has 0 saturated carbocycles. The Bertz CT molecular complexity index is 1720. The lowest BCUT2D eigenvalue weighted by molar-refractivity contribution is -0.385. The van der Waals surface area contributed by atoms with Gasteiger partial charge in [-0.25, -0.2) is 0 Å². The molecule has 0 radical (unpaired) electrons. The van der Waals surface area contributed by atoms with Crippen molar-refractivity contribution < 1.29 is 24.1 Å². The molecule has 0 N–H and O–H groups in total. The Morgan fingerprint density at radius 3 is 1.42 bits per heavy atom. The number of hydrogen-bond acceptors (Lipinski definition) is 9. The van der Waals surface area contributed by atoms with Crippen molar-refractivity contribution in [1.82, 2.24) is 0 Å². The number of hydrogen-bond donors (Lipinski definition) is 0. The summed E-state index contributed by atoms with van der Waals surface area (Å²) in [5, 5.41) is 44.3. The Kier molecular flexibility index (Phi) is 9.31. The van der Waals surface area contributed by atoms with Gasteiger partial charge in [0.15, 0.2) is 0 Å². The minimum atomic E-state index is -0.627. The molecular weight excluding hydrogens is 599 g/mol. The molecule has 4 rings (SSSR count). The van der Waals surface area contributed by atoms with Gasteiger partial charge in [-0.2, -0.15) is 10.5 Å². The summed E-state index contributed by atoms with van der Waals surface area (Å²) >= 11 is 12.2. The molecule has 11 nitrogen and oxygen atoms in total. The van der Waals surface area contributed by atoms with Gasteiger partial charge >= 0.3 is 11.4 Å². The third-order valence-electron chi connectivity index (χ3n) is 6.13. The summed E-state index contributed by atoms with van der Waals surface area (Å²) in [6.07, 6.45) is 0. The molecule has 0 spiro atoms. The molecule has 0 fully saturated rings. The third-order valence-corrected chi connectivity index (χ3v) is 6.60. The van der Waals surface area contributed by atoms with Crippen molar-refractivity contribution in [3.8, 4) is 57.4 Å². The fraction of sp³-hybridized carbons (Fsp3) is 0.133. The van der Waals surface area contributed by atoms with Crippen LogP contribution < -0.4 is 14.2 Å². The Labute approximate surface area is 255 Å². The van der Waals surface area contributed by atoms with Crippen molar-refractivity contribution in [1.29, 1.82) is 10.5 Å². The van der Waals surface area contributed by atoms with Crippen LogP contribution in [-0.4, -0.2) is 23.1 Å². The number of benzene rings is 4. The molecule has 0 aliphatic heterocycles. The number of nitrogens with zero attached hydrogens (tertiary/aromatic N) is 4. The van der Waals surface area contributed by atoms with Gasteiger partial charge in [0.2, 0.25) is 11.5 Å². The van der Waals surface area contributed by atoms with Crippen LogP contribution in [-0.2, 0) is 0 Å². The van der Waals surface area contributed by atoms with E-state index in [-0.39, 0.29) is 91.0 Å². The van der Waals surface area contributed by atoms with Crippen LogP contribution in [0.2, 0.25) is 10.0 Å². The van der Waals surface area contributed by atoms with E-state index in [0.29, 0.717) is 0 Å². The Balaban J connectivity index is 2.11. The summed E-state index contributed by atoms with van der Waals surface area (Å²) < 4.78 is 17.8. The maximum atomic E-state index is 12.0. The zero-order chi connectivity index (χ0) is 31.3. The smallest absolute Gasteiger partial charge is 0.311 e. The molecule has 216 valence electrons. The number of rotatable bonds is 10. The zero-order valence-corrected chi connectivity index (χ0v) is 24.1. The first-order chi connectivity index (χ1) is 20.6. The van der Waals surface area contributed by atoms with E-state index in [4.69, 9.17) is 37.4 Å². The number of halogens is 2. The topological polar surface area (TPSA) is 162 Å². The molecule has 0 atom stereocenters. The molecule has 0 amide bonds. The summed E-state index contributed by atoms with van der Waals surface area (Å²) in [7, 11) is 0. The van der Waals surface area contributed by atoms with Crippen LogP contribution in [0.15, 0.2) is 60.7 Å². The Hall–Kier alpha value is -5.36. The summed E-state index contributed by atoms with van der Waals surface area (Å²) in [5.74, 6) is -0.307. The molecule has 0 unspecified atom stereocenters. The van der Waals surface area contributed by atoms with E-state index in [0.717, 1.165) is 0 Å². The standard InChI is InChI=1S/C30H20Cl2N4O7/c1-3-41-29-23(35(37)38)9-11-25(27(29)21-7-5-19(31)13-17(21)15-33)43-26-12-10-24(36(39)40)30(42-4-2)28(26)22-8-6-20(32)14-18(22)16-34/h5-14H,3-4H2,1-2H3. The average molecular weight is 619 g/mol. The number of nitriles is 2. The van der Waals surface area contributed by atoms with Gasteiger partial charge in [-0.05, 0) is 50.2 Å². The second-order valence-corrected chi connectivity index (χ2v) is 9.53. The largest absolute Gasteiger partial charge is 0.487 e. The molecule has 13 heteroatoms. The van der Waals surface area contributed by atoms with E-state index in [1.807, 2.05) is 12.1 Å². The lowest BCUT2D eigenvalue weighted by Gasteiger charge is -2.20. The van der Waals surface area contributed by atoms with E-state index in [1.54, 1.807) is 13.8 Å². The van der Waals surface area contributed by atoms with Crippen molar-refractivity contribution in [2.45, 2.75) is 13.8 Å².